The SMILES string of the molecule is Cc1c(C(=N)N)c(C)c(-c2ccccc2)c(C)c1-c1ccccc1. The molecule has 0 spiro atoms. The number of nitrogens with two attached hydrogens (primary N) is 1. The van der Waals surface area contributed by atoms with Gasteiger partial charge in [0.25, 0.3) is 0 Å². The molecule has 3 rings (SSSR count). The number of nitrogens with one attached hydrogen (secondary N) is 1. The first-order chi connectivity index (χ1) is 11.5. The lowest BCUT2D eigenvalue weighted by atomic mass is 9.82. The third-order valence-corrected chi connectivity index (χ3v) is 4.64. The van der Waals surface area contributed by atoms with Crippen molar-refractivity contribution < 1.29 is 0 Å². The third kappa shape index (κ3) is 2.61. The van der Waals surface area contributed by atoms with Crippen molar-refractivity contribution >= 4 is 5.84 Å². The molecule has 0 aliphatic carbocycles. The molecule has 0 fully saturated rings. The standard InChI is InChI=1S/C22H22N2/c1-14-19(17-10-6-4-7-11-17)15(2)21(22(23)24)16(3)20(14)18-12-8-5-9-13-18/h4-13H,1-3H3,(H3,23,24). The van der Waals surface area contributed by atoms with Crippen molar-refractivity contribution in [3.8, 4) is 22.3 Å². The molecule has 0 aliphatic heterocycles. The van der Waals surface area contributed by atoms with Crippen molar-refractivity contribution in [2.75, 3.05) is 0 Å². The van der Waals surface area contributed by atoms with Gasteiger partial charge >= 0.3 is 0 Å². The van der Waals surface area contributed by atoms with Gasteiger partial charge in [-0.1, -0.05) is 60.7 Å². The molecule has 0 atom stereocenters. The molecule has 2 heteroatoms. The Morgan fingerprint density at radius 1 is 0.667 bits per heavy atom. The highest BCUT2D eigenvalue weighted by molar-refractivity contribution is 6.03. The van der Waals surface area contributed by atoms with Crippen molar-refractivity contribution in [3.63, 3.8) is 0 Å². The zero-order valence-corrected chi connectivity index (χ0v) is 14.4. The van der Waals surface area contributed by atoms with Gasteiger partial charge in [-0.3, -0.25) is 5.41 Å². The van der Waals surface area contributed by atoms with E-state index in [2.05, 4.69) is 45.0 Å². The lowest BCUT2D eigenvalue weighted by Gasteiger charge is -2.22. The van der Waals surface area contributed by atoms with Gasteiger partial charge in [0.2, 0.25) is 0 Å². The molecule has 120 valence electrons. The van der Waals surface area contributed by atoms with E-state index in [1.165, 1.54) is 16.7 Å². The zero-order chi connectivity index (χ0) is 17.3. The fraction of sp³-hybridized carbons (Fsp3) is 0.136. The van der Waals surface area contributed by atoms with Crippen LogP contribution in [0.25, 0.3) is 22.3 Å². The molecule has 0 bridgehead atoms. The summed E-state index contributed by atoms with van der Waals surface area (Å²) >= 11 is 0. The molecule has 0 radical (unpaired) electrons. The molecule has 3 aromatic rings. The van der Waals surface area contributed by atoms with Crippen LogP contribution >= 0.6 is 0 Å². The third-order valence-electron chi connectivity index (χ3n) is 4.64. The monoisotopic (exact) mass is 314 g/mol. The number of hydrogen-bond acceptors (Lipinski definition) is 1. The van der Waals surface area contributed by atoms with E-state index in [-0.39, 0.29) is 5.84 Å². The van der Waals surface area contributed by atoms with Crippen LogP contribution in [-0.4, -0.2) is 5.84 Å². The minimum absolute atomic E-state index is 0.124. The van der Waals surface area contributed by atoms with Crippen molar-refractivity contribution in [3.05, 3.63) is 82.9 Å². The van der Waals surface area contributed by atoms with Gasteiger partial charge in [-0.2, -0.15) is 0 Å². The van der Waals surface area contributed by atoms with Gasteiger partial charge in [-0.05, 0) is 59.7 Å². The Bertz CT molecular complexity index is 828. The van der Waals surface area contributed by atoms with Crippen LogP contribution in [0.5, 0.6) is 0 Å². The first-order valence-corrected chi connectivity index (χ1v) is 8.11. The molecule has 0 aliphatic rings. The quantitative estimate of drug-likeness (QED) is 0.505. The number of hydrogen-bond donors (Lipinski definition) is 2. The molecule has 0 saturated carbocycles. The molecular weight excluding hydrogens is 292 g/mol. The minimum Gasteiger partial charge on any atom is -0.384 e. The predicted octanol–water partition coefficient (Wildman–Crippen LogP) is 5.23. The topological polar surface area (TPSA) is 49.9 Å². The Kier molecular flexibility index (Phi) is 4.22. The Labute approximate surface area is 143 Å². The second kappa shape index (κ2) is 6.32. The summed E-state index contributed by atoms with van der Waals surface area (Å²) in [5.41, 5.74) is 14.8. The summed E-state index contributed by atoms with van der Waals surface area (Å²) in [6.45, 7) is 6.29. The normalized spacial score (nSPS) is 10.6. The highest BCUT2D eigenvalue weighted by atomic mass is 14.7. The van der Waals surface area contributed by atoms with Gasteiger partial charge in [0.1, 0.15) is 5.84 Å². The molecule has 0 heterocycles. The van der Waals surface area contributed by atoms with Crippen LogP contribution in [0.1, 0.15) is 22.3 Å². The molecular formula is C22H22N2. The number of rotatable bonds is 3. The smallest absolute Gasteiger partial charge is 0.123 e. The van der Waals surface area contributed by atoms with Crippen molar-refractivity contribution in [2.24, 2.45) is 5.73 Å². The van der Waals surface area contributed by atoms with Gasteiger partial charge in [-0.25, -0.2) is 0 Å². The molecule has 24 heavy (non-hydrogen) atoms. The molecule has 3 N–H and O–H groups in total. The van der Waals surface area contributed by atoms with Crippen molar-refractivity contribution in [2.45, 2.75) is 20.8 Å². The van der Waals surface area contributed by atoms with E-state index in [4.69, 9.17) is 11.1 Å². The average molecular weight is 314 g/mol. The van der Waals surface area contributed by atoms with Gasteiger partial charge in [0.05, 0.1) is 0 Å². The van der Waals surface area contributed by atoms with E-state index in [1.54, 1.807) is 0 Å². The molecule has 2 nitrogen and oxygen atoms in total. The van der Waals surface area contributed by atoms with E-state index in [9.17, 15) is 0 Å². The fourth-order valence-electron chi connectivity index (χ4n) is 3.70. The van der Waals surface area contributed by atoms with Crippen LogP contribution in [0.3, 0.4) is 0 Å². The maximum absolute atomic E-state index is 8.08. The number of benzene rings is 3. The largest absolute Gasteiger partial charge is 0.384 e. The Balaban J connectivity index is 2.43. The summed E-state index contributed by atoms with van der Waals surface area (Å²) in [6, 6.07) is 20.7. The average Bonchev–Trinajstić information content (AvgIpc) is 2.56. The van der Waals surface area contributed by atoms with E-state index < -0.39 is 0 Å². The lowest BCUT2D eigenvalue weighted by molar-refractivity contribution is 1.27. The van der Waals surface area contributed by atoms with E-state index >= 15 is 0 Å². The lowest BCUT2D eigenvalue weighted by Crippen LogP contribution is -2.17. The molecule has 3 aromatic carbocycles. The highest BCUT2D eigenvalue weighted by Gasteiger charge is 2.20. The Hall–Kier alpha value is -2.87. The highest BCUT2D eigenvalue weighted by Crippen LogP contribution is 2.39. The fourth-order valence-corrected chi connectivity index (χ4v) is 3.70. The summed E-state index contributed by atoms with van der Waals surface area (Å²) in [5.74, 6) is 0.124. The second-order valence-corrected chi connectivity index (χ2v) is 6.15. The van der Waals surface area contributed by atoms with Crippen molar-refractivity contribution in [1.82, 2.24) is 0 Å². The van der Waals surface area contributed by atoms with Crippen LogP contribution in [-0.2, 0) is 0 Å². The van der Waals surface area contributed by atoms with Gasteiger partial charge in [-0.15, -0.1) is 0 Å². The van der Waals surface area contributed by atoms with Gasteiger partial charge in [0.15, 0.2) is 0 Å². The van der Waals surface area contributed by atoms with Crippen molar-refractivity contribution in [1.29, 1.82) is 5.41 Å². The van der Waals surface area contributed by atoms with Crippen LogP contribution in [0.4, 0.5) is 0 Å². The summed E-state index contributed by atoms with van der Waals surface area (Å²) in [4.78, 5) is 0. The first-order valence-electron chi connectivity index (χ1n) is 8.11. The summed E-state index contributed by atoms with van der Waals surface area (Å²) in [5, 5.41) is 8.08. The molecule has 0 unspecified atom stereocenters. The summed E-state index contributed by atoms with van der Waals surface area (Å²) < 4.78 is 0. The Morgan fingerprint density at radius 2 is 1.04 bits per heavy atom. The second-order valence-electron chi connectivity index (χ2n) is 6.15. The Morgan fingerprint density at radius 3 is 1.38 bits per heavy atom. The van der Waals surface area contributed by atoms with Gasteiger partial charge < -0.3 is 5.73 Å². The van der Waals surface area contributed by atoms with Crippen LogP contribution in [0.2, 0.25) is 0 Å². The number of amidine groups is 1. The van der Waals surface area contributed by atoms with Gasteiger partial charge in [0, 0.05) is 5.56 Å². The summed E-state index contributed by atoms with van der Waals surface area (Å²) in [7, 11) is 0. The summed E-state index contributed by atoms with van der Waals surface area (Å²) in [6.07, 6.45) is 0. The molecule has 0 aromatic heterocycles. The predicted molar refractivity (Wildman–Crippen MR) is 103 cm³/mol. The van der Waals surface area contributed by atoms with E-state index in [0.29, 0.717) is 0 Å². The zero-order valence-electron chi connectivity index (χ0n) is 14.4. The first kappa shape index (κ1) is 16.0. The maximum Gasteiger partial charge on any atom is 0.123 e. The molecule has 0 amide bonds. The van der Waals surface area contributed by atoms with Crippen LogP contribution in [0.15, 0.2) is 60.7 Å². The van der Waals surface area contributed by atoms with Crippen LogP contribution < -0.4 is 5.73 Å². The maximum atomic E-state index is 8.08. The van der Waals surface area contributed by atoms with E-state index in [0.717, 1.165) is 27.8 Å². The molecule has 0 saturated heterocycles. The van der Waals surface area contributed by atoms with Crippen LogP contribution in [0, 0.1) is 26.2 Å². The minimum atomic E-state index is 0.124. The number of nitrogen functional groups attached to an aromatic ring is 1. The van der Waals surface area contributed by atoms with E-state index in [1.807, 2.05) is 36.4 Å².